The Balaban J connectivity index is 1.54. The van der Waals surface area contributed by atoms with Crippen LogP contribution < -0.4 is 10.2 Å². The minimum absolute atomic E-state index is 0.0346. The minimum Gasteiger partial charge on any atom is -0.353 e. The summed E-state index contributed by atoms with van der Waals surface area (Å²) in [5.74, 6) is 1.21. The van der Waals surface area contributed by atoms with Crippen molar-refractivity contribution in [1.29, 1.82) is 0 Å². The zero-order valence-corrected chi connectivity index (χ0v) is 14.9. The van der Waals surface area contributed by atoms with Crippen molar-refractivity contribution in [3.05, 3.63) is 30.7 Å². The number of pyridine rings is 2. The predicted molar refractivity (Wildman–Crippen MR) is 102 cm³/mol. The molecule has 1 aliphatic carbocycles. The highest BCUT2D eigenvalue weighted by Crippen LogP contribution is 2.35. The summed E-state index contributed by atoms with van der Waals surface area (Å²) in [6.07, 6.45) is 9.86. The topological polar surface area (TPSA) is 73.9 Å². The number of fused-ring (bicyclic) bond motifs is 3. The number of nitrogens with zero attached hydrogens (tertiary/aromatic N) is 3. The molecule has 1 saturated heterocycles. The van der Waals surface area contributed by atoms with Gasteiger partial charge in [0.1, 0.15) is 11.5 Å². The van der Waals surface area contributed by atoms with Crippen LogP contribution in [0.3, 0.4) is 0 Å². The van der Waals surface area contributed by atoms with Crippen molar-refractivity contribution in [3.63, 3.8) is 0 Å². The number of nitrogens with one attached hydrogen (secondary N) is 2. The number of amides is 1. The summed E-state index contributed by atoms with van der Waals surface area (Å²) >= 11 is 0. The smallest absolute Gasteiger partial charge is 0.225 e. The Hall–Kier alpha value is -2.63. The van der Waals surface area contributed by atoms with Gasteiger partial charge in [-0.2, -0.15) is 0 Å². The molecule has 4 heterocycles. The Bertz CT molecular complexity index is 977. The zero-order chi connectivity index (χ0) is 17.7. The normalized spacial score (nSPS) is 23.5. The van der Waals surface area contributed by atoms with Gasteiger partial charge in [0.25, 0.3) is 0 Å². The lowest BCUT2D eigenvalue weighted by molar-refractivity contribution is -0.125. The van der Waals surface area contributed by atoms with E-state index < -0.39 is 0 Å². The van der Waals surface area contributed by atoms with E-state index in [0.29, 0.717) is 12.1 Å². The Morgan fingerprint density at radius 1 is 1.23 bits per heavy atom. The Labute approximate surface area is 152 Å². The van der Waals surface area contributed by atoms with Crippen molar-refractivity contribution in [1.82, 2.24) is 20.3 Å². The largest absolute Gasteiger partial charge is 0.353 e. The second kappa shape index (κ2) is 5.97. The fourth-order valence-corrected chi connectivity index (χ4v) is 4.03. The quantitative estimate of drug-likeness (QED) is 0.762. The first-order valence-corrected chi connectivity index (χ1v) is 9.48. The van der Waals surface area contributed by atoms with Gasteiger partial charge in [-0.15, -0.1) is 0 Å². The van der Waals surface area contributed by atoms with E-state index in [1.807, 2.05) is 24.7 Å². The molecule has 0 bridgehead atoms. The fourth-order valence-electron chi connectivity index (χ4n) is 4.03. The first kappa shape index (κ1) is 15.6. The number of H-pyrrole nitrogens is 1. The van der Waals surface area contributed by atoms with Crippen molar-refractivity contribution in [2.75, 3.05) is 11.4 Å². The lowest BCUT2D eigenvalue weighted by atomic mass is 9.92. The van der Waals surface area contributed by atoms with Crippen LogP contribution in [0.5, 0.6) is 0 Å². The number of hydrogen-bond acceptors (Lipinski definition) is 4. The van der Waals surface area contributed by atoms with E-state index in [1.54, 1.807) is 0 Å². The summed E-state index contributed by atoms with van der Waals surface area (Å²) in [4.78, 5) is 27.3. The Kier molecular flexibility index (Phi) is 3.58. The molecule has 0 radical (unpaired) electrons. The third-order valence-electron chi connectivity index (χ3n) is 5.74. The number of rotatable bonds is 3. The number of aromatic nitrogens is 3. The van der Waals surface area contributed by atoms with E-state index in [-0.39, 0.29) is 11.8 Å². The van der Waals surface area contributed by atoms with Gasteiger partial charge in [-0.3, -0.25) is 4.79 Å². The number of anilines is 1. The van der Waals surface area contributed by atoms with Gasteiger partial charge in [0, 0.05) is 53.4 Å². The summed E-state index contributed by atoms with van der Waals surface area (Å²) in [6.45, 7) is 2.95. The van der Waals surface area contributed by atoms with Crippen LogP contribution in [-0.4, -0.2) is 39.5 Å². The fraction of sp³-hybridized carbons (Fsp3) is 0.450. The summed E-state index contributed by atoms with van der Waals surface area (Å²) in [5.41, 5.74) is 0.874. The molecular formula is C20H23N5O. The van der Waals surface area contributed by atoms with Gasteiger partial charge in [0.15, 0.2) is 0 Å². The molecule has 1 amide bonds. The maximum atomic E-state index is 12.6. The van der Waals surface area contributed by atoms with E-state index in [1.165, 1.54) is 0 Å². The molecule has 134 valence electrons. The molecule has 0 aromatic carbocycles. The zero-order valence-electron chi connectivity index (χ0n) is 14.9. The molecule has 0 spiro atoms. The average Bonchev–Trinajstić information content (AvgIpc) is 3.33. The summed E-state index contributed by atoms with van der Waals surface area (Å²) in [5, 5.41) is 6.46. The maximum Gasteiger partial charge on any atom is 0.225 e. The Morgan fingerprint density at radius 2 is 2.12 bits per heavy atom. The monoisotopic (exact) mass is 349 g/mol. The number of aromatic amines is 1. The van der Waals surface area contributed by atoms with E-state index in [4.69, 9.17) is 4.98 Å². The van der Waals surface area contributed by atoms with Gasteiger partial charge < -0.3 is 15.2 Å². The van der Waals surface area contributed by atoms with E-state index >= 15 is 0 Å². The summed E-state index contributed by atoms with van der Waals surface area (Å²) < 4.78 is 0. The molecule has 2 atom stereocenters. The highest BCUT2D eigenvalue weighted by Gasteiger charge is 2.34. The SMILES string of the molecule is CC1CCC(C(=O)NC2CC2)CN1c1nccc2cnc3[nH]ccc3c12. The molecule has 1 saturated carbocycles. The van der Waals surface area contributed by atoms with Crippen LogP contribution in [0, 0.1) is 5.92 Å². The predicted octanol–water partition coefficient (Wildman–Crippen LogP) is 2.99. The molecule has 6 nitrogen and oxygen atoms in total. The van der Waals surface area contributed by atoms with Crippen LogP contribution in [0.25, 0.3) is 21.8 Å². The minimum atomic E-state index is 0.0346. The van der Waals surface area contributed by atoms with Crippen molar-refractivity contribution < 1.29 is 4.79 Å². The number of carbonyl (C=O) groups excluding carboxylic acids is 1. The number of carbonyl (C=O) groups is 1. The number of piperidine rings is 1. The molecule has 1 aliphatic heterocycles. The van der Waals surface area contributed by atoms with Crippen LogP contribution in [-0.2, 0) is 4.79 Å². The highest BCUT2D eigenvalue weighted by atomic mass is 16.2. The van der Waals surface area contributed by atoms with E-state index in [0.717, 1.165) is 59.9 Å². The van der Waals surface area contributed by atoms with Crippen LogP contribution in [0.4, 0.5) is 5.82 Å². The van der Waals surface area contributed by atoms with Gasteiger partial charge in [0.2, 0.25) is 5.91 Å². The molecule has 2 N–H and O–H groups in total. The van der Waals surface area contributed by atoms with Crippen molar-refractivity contribution >= 4 is 33.5 Å². The van der Waals surface area contributed by atoms with Gasteiger partial charge in [-0.25, -0.2) is 9.97 Å². The lowest BCUT2D eigenvalue weighted by Gasteiger charge is -2.38. The third kappa shape index (κ3) is 2.60. The molecule has 5 rings (SSSR count). The van der Waals surface area contributed by atoms with Gasteiger partial charge >= 0.3 is 0 Å². The van der Waals surface area contributed by atoms with Crippen LogP contribution >= 0.6 is 0 Å². The summed E-state index contributed by atoms with van der Waals surface area (Å²) in [6, 6.07) is 4.84. The van der Waals surface area contributed by atoms with Crippen molar-refractivity contribution in [3.8, 4) is 0 Å². The molecule has 3 aromatic heterocycles. The van der Waals surface area contributed by atoms with E-state index in [2.05, 4.69) is 33.2 Å². The first-order chi connectivity index (χ1) is 12.7. The second-order valence-electron chi connectivity index (χ2n) is 7.66. The molecule has 6 heteroatoms. The van der Waals surface area contributed by atoms with Gasteiger partial charge in [-0.1, -0.05) is 0 Å². The second-order valence-corrected chi connectivity index (χ2v) is 7.66. The third-order valence-corrected chi connectivity index (χ3v) is 5.74. The summed E-state index contributed by atoms with van der Waals surface area (Å²) in [7, 11) is 0. The molecule has 26 heavy (non-hydrogen) atoms. The van der Waals surface area contributed by atoms with Crippen molar-refractivity contribution in [2.45, 2.75) is 44.7 Å². The molecule has 3 aromatic rings. The molecular weight excluding hydrogens is 326 g/mol. The van der Waals surface area contributed by atoms with Crippen LogP contribution in [0.2, 0.25) is 0 Å². The van der Waals surface area contributed by atoms with E-state index in [9.17, 15) is 4.79 Å². The van der Waals surface area contributed by atoms with Gasteiger partial charge in [-0.05, 0) is 44.7 Å². The van der Waals surface area contributed by atoms with Crippen LogP contribution in [0.1, 0.15) is 32.6 Å². The maximum absolute atomic E-state index is 12.6. The highest BCUT2D eigenvalue weighted by molar-refractivity contribution is 6.10. The lowest BCUT2D eigenvalue weighted by Crippen LogP contribution is -2.47. The van der Waals surface area contributed by atoms with Crippen LogP contribution in [0.15, 0.2) is 30.7 Å². The average molecular weight is 349 g/mol. The number of hydrogen-bond donors (Lipinski definition) is 2. The molecule has 2 aliphatic rings. The van der Waals surface area contributed by atoms with Gasteiger partial charge in [0.05, 0.1) is 5.92 Å². The first-order valence-electron chi connectivity index (χ1n) is 9.48. The Morgan fingerprint density at radius 3 is 2.96 bits per heavy atom. The molecule has 2 fully saturated rings. The molecule has 2 unspecified atom stereocenters. The van der Waals surface area contributed by atoms with Crippen molar-refractivity contribution in [2.24, 2.45) is 5.92 Å². The standard InChI is InChI=1S/C20H23N5O/c1-12-2-3-14(20(26)24-15-4-5-15)11-25(12)19-17-13(6-8-22-19)10-23-18-16(17)7-9-21-18/h6-10,12,14-15H,2-5,11H2,1H3,(H,21,23)(H,24,26).